The maximum atomic E-state index is 12.5. The Kier molecular flexibility index (Phi) is 4.31. The molecule has 0 radical (unpaired) electrons. The minimum atomic E-state index is 0.0101. The van der Waals surface area contributed by atoms with Crippen molar-refractivity contribution >= 4 is 11.9 Å². The number of rotatable bonds is 4. The molecule has 2 saturated heterocycles. The molecule has 7 heteroatoms. The Morgan fingerprint density at radius 1 is 1.20 bits per heavy atom. The van der Waals surface area contributed by atoms with Gasteiger partial charge in [0, 0.05) is 63.1 Å². The lowest BCUT2D eigenvalue weighted by atomic mass is 9.73. The predicted molar refractivity (Wildman–Crippen MR) is 92.0 cm³/mol. The summed E-state index contributed by atoms with van der Waals surface area (Å²) in [7, 11) is 0. The van der Waals surface area contributed by atoms with Crippen LogP contribution in [-0.4, -0.2) is 52.1 Å². The van der Waals surface area contributed by atoms with Gasteiger partial charge in [-0.2, -0.15) is 0 Å². The summed E-state index contributed by atoms with van der Waals surface area (Å²) in [6, 6.07) is 3.87. The number of carbonyl (C=O) groups excluding carboxylic acids is 1. The Morgan fingerprint density at radius 2 is 1.96 bits per heavy atom. The molecule has 0 saturated carbocycles. The number of aromatic nitrogens is 3. The summed E-state index contributed by atoms with van der Waals surface area (Å²) in [5.74, 6) is 0.515. The van der Waals surface area contributed by atoms with E-state index in [0.29, 0.717) is 18.1 Å². The van der Waals surface area contributed by atoms with Crippen LogP contribution in [0.5, 0.6) is 0 Å². The van der Waals surface area contributed by atoms with Gasteiger partial charge in [0.15, 0.2) is 0 Å². The highest BCUT2D eigenvalue weighted by molar-refractivity contribution is 5.94. The van der Waals surface area contributed by atoms with Gasteiger partial charge in [0.05, 0.1) is 5.56 Å². The zero-order chi connectivity index (χ0) is 17.1. The average molecular weight is 339 g/mol. The van der Waals surface area contributed by atoms with Gasteiger partial charge >= 0.3 is 0 Å². The van der Waals surface area contributed by atoms with E-state index in [2.05, 4.69) is 20.3 Å². The number of likely N-dealkylation sites (tertiary alicyclic amines) is 1. The van der Waals surface area contributed by atoms with Crippen molar-refractivity contribution in [3.8, 4) is 0 Å². The maximum Gasteiger partial charge on any atom is 0.257 e. The Labute approximate surface area is 146 Å². The zero-order valence-corrected chi connectivity index (χ0v) is 14.0. The fraction of sp³-hybridized carbons (Fsp3) is 0.444. The number of anilines is 1. The van der Waals surface area contributed by atoms with Crippen LogP contribution in [0.25, 0.3) is 0 Å². The lowest BCUT2D eigenvalue weighted by molar-refractivity contribution is -0.0666. The van der Waals surface area contributed by atoms with Gasteiger partial charge in [-0.15, -0.1) is 0 Å². The number of nitrogens with zero attached hydrogens (tertiary/aromatic N) is 4. The van der Waals surface area contributed by atoms with Crippen LogP contribution in [0.1, 0.15) is 28.8 Å². The normalized spacial score (nSPS) is 18.6. The van der Waals surface area contributed by atoms with E-state index in [9.17, 15) is 4.79 Å². The maximum absolute atomic E-state index is 12.5. The summed E-state index contributed by atoms with van der Waals surface area (Å²) in [5, 5.41) is 3.13. The van der Waals surface area contributed by atoms with Crippen LogP contribution < -0.4 is 5.32 Å². The van der Waals surface area contributed by atoms with Gasteiger partial charge in [0.2, 0.25) is 5.95 Å². The SMILES string of the molecule is O=C(c1cnc(NCc2cccnc2)nc1)N1CC2(CCOCC2)C1. The average Bonchev–Trinajstić information content (AvgIpc) is 2.66. The third kappa shape index (κ3) is 3.46. The first kappa shape index (κ1) is 16.0. The highest BCUT2D eigenvalue weighted by atomic mass is 16.5. The molecule has 4 heterocycles. The lowest BCUT2D eigenvalue weighted by Crippen LogP contribution is -2.60. The molecule has 7 nitrogen and oxygen atoms in total. The molecular weight excluding hydrogens is 318 g/mol. The fourth-order valence-electron chi connectivity index (χ4n) is 3.42. The van der Waals surface area contributed by atoms with Gasteiger partial charge in [-0.25, -0.2) is 9.97 Å². The molecule has 1 amide bonds. The Hall–Kier alpha value is -2.54. The van der Waals surface area contributed by atoms with Crippen molar-refractivity contribution in [2.45, 2.75) is 19.4 Å². The molecule has 2 aromatic heterocycles. The second-order valence-corrected chi connectivity index (χ2v) is 6.78. The predicted octanol–water partition coefficient (Wildman–Crippen LogP) is 1.74. The van der Waals surface area contributed by atoms with Gasteiger partial charge in [0.1, 0.15) is 0 Å². The third-order valence-corrected chi connectivity index (χ3v) is 4.97. The lowest BCUT2D eigenvalue weighted by Gasteiger charge is -2.52. The molecule has 1 spiro atoms. The molecule has 2 fully saturated rings. The standard InChI is InChI=1S/C18H21N5O2/c24-16(23-12-18(13-23)3-6-25-7-4-18)15-10-21-17(22-11-15)20-9-14-2-1-5-19-8-14/h1-2,5,8,10-11H,3-4,6-7,9,12-13H2,(H,20,21,22). The van der Waals surface area contributed by atoms with E-state index in [4.69, 9.17) is 4.74 Å². The molecule has 2 aliphatic rings. The van der Waals surface area contributed by atoms with E-state index in [1.165, 1.54) is 0 Å². The molecule has 1 N–H and O–H groups in total. The topological polar surface area (TPSA) is 80.2 Å². The van der Waals surface area contributed by atoms with Crippen LogP contribution in [0, 0.1) is 5.41 Å². The molecule has 25 heavy (non-hydrogen) atoms. The van der Waals surface area contributed by atoms with Crippen molar-refractivity contribution in [1.29, 1.82) is 0 Å². The van der Waals surface area contributed by atoms with E-state index in [1.807, 2.05) is 17.0 Å². The highest BCUT2D eigenvalue weighted by Crippen LogP contribution is 2.40. The van der Waals surface area contributed by atoms with Crippen LogP contribution in [0.2, 0.25) is 0 Å². The summed E-state index contributed by atoms with van der Waals surface area (Å²) in [6.45, 7) is 3.84. The number of hydrogen-bond donors (Lipinski definition) is 1. The first-order chi connectivity index (χ1) is 12.2. The van der Waals surface area contributed by atoms with Crippen molar-refractivity contribution in [3.05, 3.63) is 48.0 Å². The van der Waals surface area contributed by atoms with Gasteiger partial charge in [0.25, 0.3) is 5.91 Å². The number of pyridine rings is 1. The van der Waals surface area contributed by atoms with E-state index in [-0.39, 0.29) is 11.3 Å². The quantitative estimate of drug-likeness (QED) is 0.914. The number of ether oxygens (including phenoxy) is 1. The van der Waals surface area contributed by atoms with Crippen LogP contribution in [0.4, 0.5) is 5.95 Å². The third-order valence-electron chi connectivity index (χ3n) is 4.97. The molecule has 4 rings (SSSR count). The summed E-state index contributed by atoms with van der Waals surface area (Å²) < 4.78 is 5.41. The Bertz CT molecular complexity index is 721. The largest absolute Gasteiger partial charge is 0.381 e. The second-order valence-electron chi connectivity index (χ2n) is 6.78. The number of amides is 1. The molecule has 2 aromatic rings. The Morgan fingerprint density at radius 3 is 2.64 bits per heavy atom. The molecule has 130 valence electrons. The molecular formula is C18H21N5O2. The first-order valence-electron chi connectivity index (χ1n) is 8.56. The molecule has 0 aromatic carbocycles. The second kappa shape index (κ2) is 6.76. The minimum absolute atomic E-state index is 0.0101. The molecule has 0 bridgehead atoms. The molecule has 0 aliphatic carbocycles. The van der Waals surface area contributed by atoms with Crippen LogP contribution in [-0.2, 0) is 11.3 Å². The highest BCUT2D eigenvalue weighted by Gasteiger charge is 2.45. The van der Waals surface area contributed by atoms with Gasteiger partial charge in [-0.3, -0.25) is 9.78 Å². The molecule has 2 aliphatic heterocycles. The van der Waals surface area contributed by atoms with Crippen molar-refractivity contribution in [2.24, 2.45) is 5.41 Å². The van der Waals surface area contributed by atoms with Crippen molar-refractivity contribution in [3.63, 3.8) is 0 Å². The summed E-state index contributed by atoms with van der Waals surface area (Å²) in [6.07, 6.45) is 8.81. The number of hydrogen-bond acceptors (Lipinski definition) is 6. The zero-order valence-electron chi connectivity index (χ0n) is 14.0. The van der Waals surface area contributed by atoms with Crippen molar-refractivity contribution in [2.75, 3.05) is 31.6 Å². The summed E-state index contributed by atoms with van der Waals surface area (Å²) in [4.78, 5) is 27.0. The Balaban J connectivity index is 1.32. The van der Waals surface area contributed by atoms with Crippen LogP contribution in [0.15, 0.2) is 36.9 Å². The minimum Gasteiger partial charge on any atom is -0.381 e. The monoisotopic (exact) mass is 339 g/mol. The van der Waals surface area contributed by atoms with E-state index < -0.39 is 0 Å². The van der Waals surface area contributed by atoms with E-state index >= 15 is 0 Å². The molecule has 0 unspecified atom stereocenters. The van der Waals surface area contributed by atoms with Crippen molar-refractivity contribution < 1.29 is 9.53 Å². The number of carbonyl (C=O) groups is 1. The fourth-order valence-corrected chi connectivity index (χ4v) is 3.42. The number of nitrogens with one attached hydrogen (secondary N) is 1. The van der Waals surface area contributed by atoms with E-state index in [0.717, 1.165) is 44.7 Å². The van der Waals surface area contributed by atoms with Crippen LogP contribution in [0.3, 0.4) is 0 Å². The van der Waals surface area contributed by atoms with Gasteiger partial charge in [-0.1, -0.05) is 6.07 Å². The van der Waals surface area contributed by atoms with E-state index in [1.54, 1.807) is 24.8 Å². The van der Waals surface area contributed by atoms with Crippen LogP contribution >= 0.6 is 0 Å². The smallest absolute Gasteiger partial charge is 0.257 e. The molecule has 0 atom stereocenters. The first-order valence-corrected chi connectivity index (χ1v) is 8.56. The van der Waals surface area contributed by atoms with Gasteiger partial charge in [-0.05, 0) is 24.5 Å². The van der Waals surface area contributed by atoms with Gasteiger partial charge < -0.3 is 15.0 Å². The van der Waals surface area contributed by atoms with Crippen molar-refractivity contribution in [1.82, 2.24) is 19.9 Å². The summed E-state index contributed by atoms with van der Waals surface area (Å²) in [5.41, 5.74) is 1.86. The summed E-state index contributed by atoms with van der Waals surface area (Å²) >= 11 is 0.